The van der Waals surface area contributed by atoms with E-state index >= 15 is 0 Å². The minimum Gasteiger partial charge on any atom is -0.478 e. The van der Waals surface area contributed by atoms with Crippen LogP contribution < -0.4 is 0 Å². The van der Waals surface area contributed by atoms with Gasteiger partial charge in [-0.2, -0.15) is 9.65 Å². The first-order valence-electron chi connectivity index (χ1n) is 11.4. The van der Waals surface area contributed by atoms with Crippen LogP contribution in [0, 0.1) is 23.2 Å². The molecular weight excluding hydrogens is 441 g/mol. The van der Waals surface area contributed by atoms with Gasteiger partial charge in [0.25, 0.3) is 0 Å². The molecule has 5 nitrogen and oxygen atoms in total. The van der Waals surface area contributed by atoms with E-state index in [0.29, 0.717) is 17.0 Å². The molecule has 0 aliphatic heterocycles. The Morgan fingerprint density at radius 3 is 2.43 bits per heavy atom. The zero-order chi connectivity index (χ0) is 24.4. The van der Waals surface area contributed by atoms with Crippen LogP contribution in [0.3, 0.4) is 0 Å². The van der Waals surface area contributed by atoms with Crippen LogP contribution >= 0.6 is 0 Å². The number of nitrogens with zero attached hydrogens (tertiary/aromatic N) is 2. The second-order valence-corrected chi connectivity index (χ2v) is 8.61. The van der Waals surface area contributed by atoms with Gasteiger partial charge >= 0.3 is 5.97 Å². The molecule has 1 fully saturated rings. The molecule has 0 atom stereocenters. The largest absolute Gasteiger partial charge is 0.478 e. The molecule has 1 heterocycles. The first-order chi connectivity index (χ1) is 17.1. The molecule has 0 unspecified atom stereocenters. The van der Waals surface area contributed by atoms with Crippen molar-refractivity contribution < 1.29 is 14.3 Å². The van der Waals surface area contributed by atoms with Crippen molar-refractivity contribution in [3.05, 3.63) is 107 Å². The molecule has 1 saturated carbocycles. The van der Waals surface area contributed by atoms with E-state index in [1.165, 1.54) is 6.08 Å². The number of rotatable bonds is 6. The number of hydrogen-bond acceptors (Lipinski definition) is 3. The summed E-state index contributed by atoms with van der Waals surface area (Å²) in [7, 11) is 0. The summed E-state index contributed by atoms with van der Waals surface area (Å²) in [5, 5.41) is 25.6. The molecule has 1 aromatic heterocycles. The van der Waals surface area contributed by atoms with Crippen LogP contribution in [0.25, 0.3) is 28.1 Å². The average Bonchev–Trinajstić information content (AvgIpc) is 3.23. The van der Waals surface area contributed by atoms with E-state index < -0.39 is 11.9 Å². The zero-order valence-corrected chi connectivity index (χ0v) is 18.8. The summed E-state index contributed by atoms with van der Waals surface area (Å²) in [5.41, 5.74) is 6.07. The molecule has 35 heavy (non-hydrogen) atoms. The number of hydrogen-bond donors (Lipinski definition) is 2. The van der Waals surface area contributed by atoms with E-state index in [1.807, 2.05) is 48.5 Å². The maximum Gasteiger partial charge on any atom is 0.328 e. The minimum absolute atomic E-state index is 0.185. The lowest BCUT2D eigenvalue weighted by Crippen LogP contribution is -2.15. The van der Waals surface area contributed by atoms with Gasteiger partial charge in [-0.3, -0.25) is 5.10 Å². The van der Waals surface area contributed by atoms with E-state index in [1.54, 1.807) is 6.07 Å². The van der Waals surface area contributed by atoms with E-state index in [4.69, 9.17) is 5.11 Å². The summed E-state index contributed by atoms with van der Waals surface area (Å²) in [6.45, 7) is 0. The van der Waals surface area contributed by atoms with Gasteiger partial charge in [0.1, 0.15) is 6.07 Å². The summed E-state index contributed by atoms with van der Waals surface area (Å²) < 4.78 is 14.6. The number of nitrogens with one attached hydrogen (secondary N) is 1. The molecule has 1 aliphatic carbocycles. The molecule has 2 N–H and O–H groups in total. The fraction of sp³-hybridized carbons (Fsp3) is 0.138. The van der Waals surface area contributed by atoms with E-state index in [2.05, 4.69) is 28.4 Å². The number of fused-ring (bicyclic) bond motifs is 1. The number of allylic oxidation sites excluding steroid dienone is 1. The molecule has 6 heteroatoms. The number of carboxylic acids is 1. The summed E-state index contributed by atoms with van der Waals surface area (Å²) in [6, 6.07) is 23.5. The molecule has 4 aromatic rings. The molecule has 0 bridgehead atoms. The van der Waals surface area contributed by atoms with Crippen molar-refractivity contribution >= 4 is 34.1 Å². The zero-order valence-electron chi connectivity index (χ0n) is 18.8. The fourth-order valence-electron chi connectivity index (χ4n) is 4.68. The Hall–Kier alpha value is -4.50. The van der Waals surface area contributed by atoms with E-state index in [9.17, 15) is 14.4 Å². The van der Waals surface area contributed by atoms with Gasteiger partial charge in [0, 0.05) is 11.6 Å². The van der Waals surface area contributed by atoms with Gasteiger partial charge in [0.15, 0.2) is 0 Å². The van der Waals surface area contributed by atoms with Crippen molar-refractivity contribution in [1.29, 1.82) is 5.26 Å². The normalized spacial score (nSPS) is 14.5. The van der Waals surface area contributed by atoms with Gasteiger partial charge in [0.05, 0.1) is 16.5 Å². The number of benzene rings is 3. The Bertz CT molecular complexity index is 1510. The number of aliphatic carboxylic acids is 1. The first kappa shape index (κ1) is 22.3. The van der Waals surface area contributed by atoms with Gasteiger partial charge in [-0.25, -0.2) is 4.79 Å². The fourth-order valence-corrected chi connectivity index (χ4v) is 4.68. The Morgan fingerprint density at radius 2 is 1.80 bits per heavy atom. The lowest BCUT2D eigenvalue weighted by Gasteiger charge is -2.32. The van der Waals surface area contributed by atoms with Crippen molar-refractivity contribution in [3.8, 4) is 6.07 Å². The number of carbonyl (C=O) groups is 1. The molecule has 0 amide bonds. The highest BCUT2D eigenvalue weighted by Crippen LogP contribution is 2.46. The highest BCUT2D eigenvalue weighted by atomic mass is 19.1. The van der Waals surface area contributed by atoms with Gasteiger partial charge in [0.2, 0.25) is 5.95 Å². The summed E-state index contributed by atoms with van der Waals surface area (Å²) in [4.78, 5) is 10.9. The predicted molar refractivity (Wildman–Crippen MR) is 134 cm³/mol. The number of nitriles is 1. The lowest BCUT2D eigenvalue weighted by atomic mass is 9.72. The number of aromatic nitrogens is 2. The molecule has 172 valence electrons. The minimum atomic E-state index is -1.01. The van der Waals surface area contributed by atoms with Crippen molar-refractivity contribution in [1.82, 2.24) is 10.2 Å². The topological polar surface area (TPSA) is 89.8 Å². The molecule has 5 rings (SSSR count). The van der Waals surface area contributed by atoms with Crippen LogP contribution in [-0.2, 0) is 4.79 Å². The smallest absolute Gasteiger partial charge is 0.328 e. The van der Waals surface area contributed by atoms with Crippen LogP contribution in [0.2, 0.25) is 0 Å². The van der Waals surface area contributed by atoms with E-state index in [0.717, 1.165) is 53.2 Å². The van der Waals surface area contributed by atoms with Crippen molar-refractivity contribution in [2.24, 2.45) is 5.92 Å². The van der Waals surface area contributed by atoms with Crippen molar-refractivity contribution in [2.75, 3.05) is 0 Å². The van der Waals surface area contributed by atoms with E-state index in [-0.39, 0.29) is 10.9 Å². The monoisotopic (exact) mass is 463 g/mol. The molecule has 1 aliphatic rings. The maximum atomic E-state index is 14.6. The predicted octanol–water partition coefficient (Wildman–Crippen LogP) is 6.43. The molecule has 0 radical (unpaired) electrons. The number of carboxylic acid groups (broad SMARTS) is 1. The number of halogens is 1. The summed E-state index contributed by atoms with van der Waals surface area (Å²) in [5.74, 6) is -1.40. The van der Waals surface area contributed by atoms with Crippen molar-refractivity contribution in [2.45, 2.75) is 19.3 Å². The third-order valence-corrected chi connectivity index (χ3v) is 6.55. The van der Waals surface area contributed by atoms with Gasteiger partial charge in [-0.05, 0) is 58.7 Å². The molecule has 0 saturated heterocycles. The molecule has 0 spiro atoms. The summed E-state index contributed by atoms with van der Waals surface area (Å²) >= 11 is 0. The SMILES string of the molecule is N#Cc1c(C(=C(c2ccccc2)C2CCC2)c2ccc(C=CC(=O)O)cc2)ccc2[nH]nc(F)c12. The Morgan fingerprint density at radius 1 is 1.06 bits per heavy atom. The Balaban J connectivity index is 1.80. The second kappa shape index (κ2) is 9.40. The van der Waals surface area contributed by atoms with Crippen LogP contribution in [0.5, 0.6) is 0 Å². The second-order valence-electron chi connectivity index (χ2n) is 8.61. The quantitative estimate of drug-likeness (QED) is 0.255. The Labute approximate surface area is 201 Å². The molecular formula is C29H22FN3O2. The molecule has 3 aromatic carbocycles. The van der Waals surface area contributed by atoms with Gasteiger partial charge in [-0.1, -0.05) is 67.1 Å². The van der Waals surface area contributed by atoms with Crippen molar-refractivity contribution in [3.63, 3.8) is 0 Å². The van der Waals surface area contributed by atoms with Crippen LogP contribution in [0.15, 0.2) is 72.8 Å². The van der Waals surface area contributed by atoms with Crippen LogP contribution in [-0.4, -0.2) is 21.3 Å². The number of H-pyrrole nitrogens is 1. The number of aromatic amines is 1. The highest BCUT2D eigenvalue weighted by Gasteiger charge is 2.29. The summed E-state index contributed by atoms with van der Waals surface area (Å²) in [6.07, 6.45) is 5.84. The third-order valence-electron chi connectivity index (χ3n) is 6.55. The Kier molecular flexibility index (Phi) is 5.99. The standard InChI is InChI=1S/C29H22FN3O2/c30-29-28-23(17-31)22(14-15-24(28)32-33-29)27(21-12-9-18(10-13-21)11-16-25(34)35)26(20-7-4-8-20)19-5-2-1-3-6-19/h1-3,5-6,9-16,20H,4,7-8H2,(H,32,33)(H,34,35). The highest BCUT2D eigenvalue weighted by molar-refractivity contribution is 6.04. The van der Waals surface area contributed by atoms with Crippen LogP contribution in [0.4, 0.5) is 4.39 Å². The first-order valence-corrected chi connectivity index (χ1v) is 11.4. The van der Waals surface area contributed by atoms with Crippen LogP contribution in [0.1, 0.15) is 47.1 Å². The average molecular weight is 464 g/mol. The maximum absolute atomic E-state index is 14.6. The lowest BCUT2D eigenvalue weighted by molar-refractivity contribution is -0.131. The third kappa shape index (κ3) is 4.24. The van der Waals surface area contributed by atoms with Gasteiger partial charge in [-0.15, -0.1) is 5.10 Å². The van der Waals surface area contributed by atoms with Gasteiger partial charge < -0.3 is 5.11 Å².